The van der Waals surface area contributed by atoms with Gasteiger partial charge in [0.1, 0.15) is 5.75 Å². The molecule has 2 N–H and O–H groups in total. The molecule has 0 spiro atoms. The van der Waals surface area contributed by atoms with Gasteiger partial charge in [-0.1, -0.05) is 0 Å². The van der Waals surface area contributed by atoms with Crippen LogP contribution in [0.5, 0.6) is 11.6 Å². The average molecular weight is 505 g/mol. The number of anilines is 2. The molecule has 0 atom stereocenters. The first-order valence-electron chi connectivity index (χ1n) is 11.3. The third-order valence-corrected chi connectivity index (χ3v) is 7.49. The summed E-state index contributed by atoms with van der Waals surface area (Å²) in [7, 11) is -3.80. The minimum Gasteiger partial charge on any atom is -0.438 e. The first-order valence-corrected chi connectivity index (χ1v) is 12.8. The smallest absolute Gasteiger partial charge is 0.261 e. The van der Waals surface area contributed by atoms with E-state index in [2.05, 4.69) is 25.3 Å². The zero-order valence-corrected chi connectivity index (χ0v) is 20.8. The molecule has 0 bridgehead atoms. The summed E-state index contributed by atoms with van der Waals surface area (Å²) in [6, 6.07) is 14.6. The molecule has 4 aromatic rings. The highest BCUT2D eigenvalue weighted by atomic mass is 32.2. The van der Waals surface area contributed by atoms with E-state index in [9.17, 15) is 13.2 Å². The minimum atomic E-state index is -3.80. The molecule has 36 heavy (non-hydrogen) atoms. The molecule has 2 aromatic heterocycles. The fourth-order valence-electron chi connectivity index (χ4n) is 3.88. The van der Waals surface area contributed by atoms with Crippen molar-refractivity contribution in [3.8, 4) is 17.4 Å². The molecule has 0 unspecified atom stereocenters. The van der Waals surface area contributed by atoms with Crippen LogP contribution in [0.25, 0.3) is 5.82 Å². The third kappa shape index (κ3) is 4.65. The summed E-state index contributed by atoms with van der Waals surface area (Å²) in [5, 5.41) is 15.6. The number of nitrogens with one attached hydrogen (secondary N) is 2. The number of amides is 1. The zero-order valence-electron chi connectivity index (χ0n) is 19.9. The van der Waals surface area contributed by atoms with Gasteiger partial charge >= 0.3 is 0 Å². The number of ether oxygens (including phenoxy) is 1. The number of aryl methyl sites for hydroxylation is 2. The predicted octanol–water partition coefficient (Wildman–Crippen LogP) is 4.07. The number of nitrogens with zero attached hydrogens (tertiary/aromatic N) is 4. The van der Waals surface area contributed by atoms with Crippen molar-refractivity contribution in [3.05, 3.63) is 77.1 Å². The molecule has 11 heteroatoms. The molecule has 1 aliphatic heterocycles. The Bertz CT molecular complexity index is 1560. The van der Waals surface area contributed by atoms with Crippen molar-refractivity contribution >= 4 is 27.3 Å². The lowest BCUT2D eigenvalue weighted by Gasteiger charge is -2.18. The van der Waals surface area contributed by atoms with Crippen LogP contribution in [-0.2, 0) is 21.2 Å². The summed E-state index contributed by atoms with van der Waals surface area (Å²) < 4.78 is 35.8. The van der Waals surface area contributed by atoms with Crippen LogP contribution in [0.2, 0.25) is 0 Å². The van der Waals surface area contributed by atoms with E-state index in [1.54, 1.807) is 53.2 Å². The van der Waals surface area contributed by atoms with Crippen molar-refractivity contribution in [2.75, 3.05) is 10.0 Å². The van der Waals surface area contributed by atoms with E-state index in [-0.39, 0.29) is 10.8 Å². The topological polar surface area (TPSA) is 128 Å². The maximum atomic E-state index is 12.9. The van der Waals surface area contributed by atoms with E-state index in [0.29, 0.717) is 41.7 Å². The second-order valence-corrected chi connectivity index (χ2v) is 10.2. The fraction of sp³-hybridized carbons (Fsp3) is 0.200. The van der Waals surface area contributed by atoms with Gasteiger partial charge in [0.25, 0.3) is 10.0 Å². The van der Waals surface area contributed by atoms with Crippen LogP contribution < -0.4 is 14.8 Å². The number of rotatable bonds is 6. The molecule has 0 radical (unpaired) electrons. The van der Waals surface area contributed by atoms with Gasteiger partial charge in [-0.2, -0.15) is 5.10 Å². The lowest BCUT2D eigenvalue weighted by atomic mass is 10.0. The summed E-state index contributed by atoms with van der Waals surface area (Å²) in [5.41, 5.74) is 4.86. The first kappa shape index (κ1) is 23.5. The summed E-state index contributed by atoms with van der Waals surface area (Å²) in [6.07, 6.45) is 0.835. The molecule has 0 saturated heterocycles. The van der Waals surface area contributed by atoms with Crippen LogP contribution in [0.1, 0.15) is 28.9 Å². The standard InChI is InChI=1S/C25H24N6O4S/c1-15-16(2)29-31(17(15)3)23-11-13-25(28-27-23)35-20-7-5-19(6-8-20)30-36(33,34)21-9-10-22-18(14-21)4-12-24(32)26-22/h5-11,13-14,30H,4,12H2,1-3H3,(H,26,32). The lowest BCUT2D eigenvalue weighted by molar-refractivity contribution is -0.116. The number of hydrogen-bond donors (Lipinski definition) is 2. The number of aromatic nitrogens is 4. The summed E-state index contributed by atoms with van der Waals surface area (Å²) in [4.78, 5) is 11.7. The van der Waals surface area contributed by atoms with Gasteiger partial charge in [-0.05, 0) is 86.8 Å². The van der Waals surface area contributed by atoms with Gasteiger partial charge in [0.15, 0.2) is 5.82 Å². The number of carbonyl (C=O) groups excluding carboxylic acids is 1. The van der Waals surface area contributed by atoms with E-state index in [1.807, 2.05) is 20.8 Å². The van der Waals surface area contributed by atoms with Gasteiger partial charge in [0.2, 0.25) is 11.8 Å². The van der Waals surface area contributed by atoms with Crippen molar-refractivity contribution in [1.29, 1.82) is 0 Å². The Balaban J connectivity index is 1.26. The Morgan fingerprint density at radius 1 is 0.972 bits per heavy atom. The Labute approximate surface area is 208 Å². The summed E-state index contributed by atoms with van der Waals surface area (Å²) >= 11 is 0. The Kier molecular flexibility index (Phi) is 5.92. The second-order valence-electron chi connectivity index (χ2n) is 8.54. The molecule has 3 heterocycles. The van der Waals surface area contributed by atoms with Crippen LogP contribution in [0.4, 0.5) is 11.4 Å². The first-order chi connectivity index (χ1) is 17.2. The molecule has 5 rings (SSSR count). The Hall–Kier alpha value is -4.25. The molecule has 10 nitrogen and oxygen atoms in total. The Morgan fingerprint density at radius 3 is 2.42 bits per heavy atom. The van der Waals surface area contributed by atoms with Crippen molar-refractivity contribution in [1.82, 2.24) is 20.0 Å². The number of carbonyl (C=O) groups is 1. The normalized spacial score (nSPS) is 13.1. The molecule has 0 fully saturated rings. The largest absolute Gasteiger partial charge is 0.438 e. The molecular weight excluding hydrogens is 480 g/mol. The molecular formula is C25H24N6O4S. The maximum Gasteiger partial charge on any atom is 0.261 e. The van der Waals surface area contributed by atoms with Gasteiger partial charge in [-0.15, -0.1) is 10.2 Å². The highest BCUT2D eigenvalue weighted by Gasteiger charge is 2.20. The summed E-state index contributed by atoms with van der Waals surface area (Å²) in [5.74, 6) is 1.29. The van der Waals surface area contributed by atoms with E-state index in [4.69, 9.17) is 4.74 Å². The Morgan fingerprint density at radius 2 is 1.75 bits per heavy atom. The van der Waals surface area contributed by atoms with E-state index >= 15 is 0 Å². The van der Waals surface area contributed by atoms with Crippen molar-refractivity contribution < 1.29 is 17.9 Å². The van der Waals surface area contributed by atoms with E-state index in [0.717, 1.165) is 22.5 Å². The van der Waals surface area contributed by atoms with Gasteiger partial charge in [-0.25, -0.2) is 13.1 Å². The highest BCUT2D eigenvalue weighted by molar-refractivity contribution is 7.92. The highest BCUT2D eigenvalue weighted by Crippen LogP contribution is 2.27. The fourth-order valence-corrected chi connectivity index (χ4v) is 4.99. The van der Waals surface area contributed by atoms with Gasteiger partial charge in [0, 0.05) is 29.6 Å². The number of sulfonamides is 1. The monoisotopic (exact) mass is 504 g/mol. The van der Waals surface area contributed by atoms with Crippen LogP contribution in [0.3, 0.4) is 0 Å². The van der Waals surface area contributed by atoms with Crippen LogP contribution in [0.15, 0.2) is 59.5 Å². The van der Waals surface area contributed by atoms with Crippen LogP contribution >= 0.6 is 0 Å². The average Bonchev–Trinajstić information content (AvgIpc) is 3.12. The lowest BCUT2D eigenvalue weighted by Crippen LogP contribution is -2.20. The van der Waals surface area contributed by atoms with Gasteiger partial charge in [0.05, 0.1) is 10.6 Å². The van der Waals surface area contributed by atoms with Crippen molar-refractivity contribution in [3.63, 3.8) is 0 Å². The molecule has 184 valence electrons. The van der Waals surface area contributed by atoms with Crippen molar-refractivity contribution in [2.24, 2.45) is 0 Å². The molecule has 1 aliphatic rings. The second kappa shape index (κ2) is 9.08. The molecule has 1 amide bonds. The molecule has 0 saturated carbocycles. The van der Waals surface area contributed by atoms with Gasteiger partial charge in [-0.3, -0.25) is 9.52 Å². The van der Waals surface area contributed by atoms with Crippen molar-refractivity contribution in [2.45, 2.75) is 38.5 Å². The summed E-state index contributed by atoms with van der Waals surface area (Å²) in [6.45, 7) is 5.93. The van der Waals surface area contributed by atoms with E-state index in [1.165, 1.54) is 6.07 Å². The quantitative estimate of drug-likeness (QED) is 0.405. The minimum absolute atomic E-state index is 0.0707. The zero-order chi connectivity index (χ0) is 25.4. The third-order valence-electron chi connectivity index (χ3n) is 6.11. The van der Waals surface area contributed by atoms with Gasteiger partial charge < -0.3 is 10.1 Å². The number of benzene rings is 2. The number of fused-ring (bicyclic) bond motifs is 1. The molecule has 2 aromatic carbocycles. The number of hydrogen-bond acceptors (Lipinski definition) is 7. The predicted molar refractivity (Wildman–Crippen MR) is 134 cm³/mol. The maximum absolute atomic E-state index is 12.9. The van der Waals surface area contributed by atoms with Crippen LogP contribution in [-0.4, -0.2) is 34.3 Å². The molecule has 0 aliphatic carbocycles. The van der Waals surface area contributed by atoms with E-state index < -0.39 is 10.0 Å². The SMILES string of the molecule is Cc1nn(-c2ccc(Oc3ccc(NS(=O)(=O)c4ccc5c(c4)CCC(=O)N5)cc3)nn2)c(C)c1C. The van der Waals surface area contributed by atoms with Crippen LogP contribution in [0, 0.1) is 20.8 Å².